The Balaban J connectivity index is 1.15. The number of alkyl halides is 1. The third-order valence-corrected chi connectivity index (χ3v) is 9.98. The number of esters is 2. The maximum Gasteiger partial charge on any atom is 0.340 e. The van der Waals surface area contributed by atoms with E-state index in [1.165, 1.54) is 37.3 Å². The lowest BCUT2D eigenvalue weighted by Gasteiger charge is -2.42. The lowest BCUT2D eigenvalue weighted by atomic mass is 9.77. The molecule has 0 bridgehead atoms. The number of ether oxygens (including phenoxy) is 5. The molecule has 3 aromatic rings. The molecule has 15 heteroatoms. The standard InChI is InChI=1S/C37H37Cl3N2O10/c1-21(43)50-33-18-32-27(16-29(33)40)37(25-7-6-22(35(45)46)14-24(25)36(47)52-37)26-15-28(39)30(17-31(26)51-32)42-19-23(20-42)34(44)41-9-11-49-13-12-48-10-5-3-2-4-8-38/h6-7,14-18,23H,2-5,8-13,19-20H2,1H3,(H,41,44)(H,45,46). The van der Waals surface area contributed by atoms with Gasteiger partial charge in [0.25, 0.3) is 0 Å². The summed E-state index contributed by atoms with van der Waals surface area (Å²) in [4.78, 5) is 51.7. The van der Waals surface area contributed by atoms with Crippen LogP contribution in [0.1, 0.15) is 70.0 Å². The van der Waals surface area contributed by atoms with Gasteiger partial charge in [0, 0.05) is 67.9 Å². The van der Waals surface area contributed by atoms with Gasteiger partial charge < -0.3 is 39.0 Å². The van der Waals surface area contributed by atoms with Crippen molar-refractivity contribution in [1.29, 1.82) is 0 Å². The van der Waals surface area contributed by atoms with Gasteiger partial charge in [0.2, 0.25) is 5.91 Å². The van der Waals surface area contributed by atoms with Crippen molar-refractivity contribution in [3.05, 3.63) is 80.3 Å². The Hall–Kier alpha value is -4.07. The number of rotatable bonds is 16. The van der Waals surface area contributed by atoms with Crippen LogP contribution in [-0.4, -0.2) is 80.9 Å². The molecular formula is C37H37Cl3N2O10. The summed E-state index contributed by atoms with van der Waals surface area (Å²) in [6.07, 6.45) is 4.23. The lowest BCUT2D eigenvalue weighted by molar-refractivity contribution is -0.132. The predicted octanol–water partition coefficient (Wildman–Crippen LogP) is 6.57. The van der Waals surface area contributed by atoms with Crippen LogP contribution in [0.15, 0.2) is 42.5 Å². The summed E-state index contributed by atoms with van der Waals surface area (Å²) in [7, 11) is 0. The molecule has 0 aliphatic carbocycles. The van der Waals surface area contributed by atoms with Crippen LogP contribution in [0.2, 0.25) is 10.0 Å². The first-order chi connectivity index (χ1) is 25.0. The number of hydrogen-bond donors (Lipinski definition) is 2. The molecule has 1 saturated heterocycles. The molecule has 12 nitrogen and oxygen atoms in total. The molecular weight excluding hydrogens is 739 g/mol. The van der Waals surface area contributed by atoms with Crippen molar-refractivity contribution in [2.45, 2.75) is 38.2 Å². The van der Waals surface area contributed by atoms with Crippen molar-refractivity contribution < 1.29 is 48.0 Å². The fraction of sp³-hybridized carbons (Fsp3) is 0.405. The number of carbonyl (C=O) groups is 4. The molecule has 52 heavy (non-hydrogen) atoms. The summed E-state index contributed by atoms with van der Waals surface area (Å²) in [6.45, 7) is 4.41. The van der Waals surface area contributed by atoms with Crippen molar-refractivity contribution in [1.82, 2.24) is 5.32 Å². The van der Waals surface area contributed by atoms with Gasteiger partial charge in [-0.2, -0.15) is 0 Å². The highest BCUT2D eigenvalue weighted by atomic mass is 35.5. The molecule has 3 aliphatic rings. The van der Waals surface area contributed by atoms with Gasteiger partial charge in [0.15, 0.2) is 11.4 Å². The monoisotopic (exact) mass is 774 g/mol. The van der Waals surface area contributed by atoms with Gasteiger partial charge in [0.05, 0.1) is 52.6 Å². The quantitative estimate of drug-likeness (QED) is 0.0704. The molecule has 1 amide bonds. The summed E-state index contributed by atoms with van der Waals surface area (Å²) in [6, 6.07) is 10.4. The van der Waals surface area contributed by atoms with Gasteiger partial charge in [-0.3, -0.25) is 9.59 Å². The first kappa shape index (κ1) is 37.7. The summed E-state index contributed by atoms with van der Waals surface area (Å²) in [5.41, 5.74) is -0.00798. The number of carbonyl (C=O) groups excluding carboxylic acids is 3. The highest BCUT2D eigenvalue weighted by molar-refractivity contribution is 6.33. The van der Waals surface area contributed by atoms with Crippen molar-refractivity contribution >= 4 is 64.3 Å². The molecule has 1 atom stereocenters. The number of aromatic carboxylic acids is 1. The molecule has 3 aromatic carbocycles. The van der Waals surface area contributed by atoms with Crippen LogP contribution in [-0.2, 0) is 29.4 Å². The molecule has 1 unspecified atom stereocenters. The number of anilines is 1. The van der Waals surface area contributed by atoms with Gasteiger partial charge >= 0.3 is 17.9 Å². The topological polar surface area (TPSA) is 150 Å². The Morgan fingerprint density at radius 3 is 2.31 bits per heavy atom. The molecule has 6 rings (SSSR count). The van der Waals surface area contributed by atoms with Crippen molar-refractivity contribution in [3.63, 3.8) is 0 Å². The number of nitrogens with one attached hydrogen (secondary N) is 1. The zero-order valence-corrected chi connectivity index (χ0v) is 30.6. The number of fused-ring (bicyclic) bond motifs is 6. The van der Waals surface area contributed by atoms with Crippen LogP contribution >= 0.6 is 34.8 Å². The van der Waals surface area contributed by atoms with Crippen LogP contribution in [0, 0.1) is 5.92 Å². The number of amides is 1. The second kappa shape index (κ2) is 16.3. The SMILES string of the molecule is CC(=O)Oc1cc2c(cc1Cl)C1(OC(=O)c3cc(C(=O)O)ccc31)c1cc(Cl)c(N3CC(C(=O)NCCOCCOCCCCCCCl)C3)cc1O2. The molecule has 276 valence electrons. The number of unbranched alkanes of at least 4 members (excludes halogenated alkanes) is 3. The van der Waals surface area contributed by atoms with Crippen LogP contribution in [0.25, 0.3) is 0 Å². The fourth-order valence-electron chi connectivity index (χ4n) is 6.54. The van der Waals surface area contributed by atoms with E-state index in [0.29, 0.717) is 79.3 Å². The molecule has 1 spiro atoms. The second-order valence-corrected chi connectivity index (χ2v) is 13.8. The molecule has 3 heterocycles. The second-order valence-electron chi connectivity index (χ2n) is 12.6. The minimum Gasteiger partial charge on any atom is -0.478 e. The summed E-state index contributed by atoms with van der Waals surface area (Å²) in [5.74, 6) is -1.74. The fourth-order valence-corrected chi connectivity index (χ4v) is 7.22. The Labute approximate surface area is 315 Å². The first-order valence-electron chi connectivity index (χ1n) is 16.9. The largest absolute Gasteiger partial charge is 0.478 e. The number of halogens is 3. The van der Waals surface area contributed by atoms with Gasteiger partial charge in [-0.25, -0.2) is 9.59 Å². The lowest BCUT2D eigenvalue weighted by Crippen LogP contribution is -2.54. The van der Waals surface area contributed by atoms with Crippen LogP contribution in [0.4, 0.5) is 5.69 Å². The molecule has 1 fully saturated rings. The number of carboxylic acid groups (broad SMARTS) is 1. The molecule has 0 radical (unpaired) electrons. The molecule has 2 N–H and O–H groups in total. The molecule has 3 aliphatic heterocycles. The van der Waals surface area contributed by atoms with E-state index in [1.807, 2.05) is 4.90 Å². The van der Waals surface area contributed by atoms with Crippen molar-refractivity contribution in [3.8, 4) is 17.2 Å². The smallest absolute Gasteiger partial charge is 0.340 e. The average Bonchev–Trinajstić information content (AvgIpc) is 3.37. The Morgan fingerprint density at radius 1 is 0.904 bits per heavy atom. The van der Waals surface area contributed by atoms with Crippen LogP contribution in [0.5, 0.6) is 17.2 Å². The van der Waals surface area contributed by atoms with E-state index in [1.54, 1.807) is 12.1 Å². The number of benzene rings is 3. The maximum absolute atomic E-state index is 13.4. The van der Waals surface area contributed by atoms with E-state index < -0.39 is 23.5 Å². The predicted molar refractivity (Wildman–Crippen MR) is 193 cm³/mol. The Kier molecular flexibility index (Phi) is 11.8. The van der Waals surface area contributed by atoms with Crippen molar-refractivity contribution in [2.75, 3.05) is 56.8 Å². The Morgan fingerprint density at radius 2 is 1.60 bits per heavy atom. The summed E-state index contributed by atoms with van der Waals surface area (Å²) >= 11 is 19.1. The third-order valence-electron chi connectivity index (χ3n) is 9.11. The minimum absolute atomic E-state index is 0.0336. The average molecular weight is 776 g/mol. The molecule has 0 saturated carbocycles. The maximum atomic E-state index is 13.4. The number of hydrogen-bond acceptors (Lipinski definition) is 10. The van der Waals surface area contributed by atoms with E-state index in [-0.39, 0.29) is 45.2 Å². The zero-order chi connectivity index (χ0) is 37.0. The van der Waals surface area contributed by atoms with Crippen LogP contribution < -0.4 is 19.7 Å². The van der Waals surface area contributed by atoms with Crippen molar-refractivity contribution in [2.24, 2.45) is 5.92 Å². The summed E-state index contributed by atoms with van der Waals surface area (Å²) in [5, 5.41) is 12.9. The Bertz CT molecular complexity index is 1880. The van der Waals surface area contributed by atoms with E-state index in [2.05, 4.69) is 5.32 Å². The van der Waals surface area contributed by atoms with E-state index in [0.717, 1.165) is 25.7 Å². The van der Waals surface area contributed by atoms with Crippen LogP contribution in [0.3, 0.4) is 0 Å². The third kappa shape index (κ3) is 7.67. The molecule has 0 aromatic heterocycles. The van der Waals surface area contributed by atoms with E-state index >= 15 is 0 Å². The first-order valence-corrected chi connectivity index (χ1v) is 18.2. The number of carboxylic acids is 1. The van der Waals surface area contributed by atoms with Gasteiger partial charge in [-0.05, 0) is 37.1 Å². The summed E-state index contributed by atoms with van der Waals surface area (Å²) < 4.78 is 28.9. The normalized spacial score (nSPS) is 17.1. The highest BCUT2D eigenvalue weighted by Crippen LogP contribution is 2.59. The van der Waals surface area contributed by atoms with Gasteiger partial charge in [0.1, 0.15) is 11.5 Å². The minimum atomic E-state index is -1.62. The number of nitrogens with zero attached hydrogens (tertiary/aromatic N) is 1. The van der Waals surface area contributed by atoms with E-state index in [4.69, 9.17) is 58.5 Å². The van der Waals surface area contributed by atoms with Gasteiger partial charge in [-0.1, -0.05) is 42.1 Å². The highest BCUT2D eigenvalue weighted by Gasteiger charge is 2.54. The van der Waals surface area contributed by atoms with Gasteiger partial charge in [-0.15, -0.1) is 11.6 Å². The zero-order valence-electron chi connectivity index (χ0n) is 28.3. The van der Waals surface area contributed by atoms with E-state index in [9.17, 15) is 24.3 Å².